The van der Waals surface area contributed by atoms with Crippen LogP contribution in [0.4, 0.5) is 0 Å². The maximum Gasteiger partial charge on any atom is 0.305 e. The summed E-state index contributed by atoms with van der Waals surface area (Å²) in [6.45, 7) is 5.43. The maximum atomic E-state index is 11.3. The molecule has 0 amide bonds. The van der Waals surface area contributed by atoms with Crippen LogP contribution in [0.2, 0.25) is 0 Å². The van der Waals surface area contributed by atoms with Gasteiger partial charge in [0.15, 0.2) is 0 Å². The lowest BCUT2D eigenvalue weighted by atomic mass is 10.0. The van der Waals surface area contributed by atoms with Crippen molar-refractivity contribution >= 4 is 22.8 Å². The Kier molecular flexibility index (Phi) is 30.1. The number of carboxylic acids is 1. The average Bonchev–Trinajstić information content (AvgIpc) is 3.14. The smallest absolute Gasteiger partial charge is 0.305 e. The van der Waals surface area contributed by atoms with Crippen molar-refractivity contribution in [2.24, 2.45) is 0 Å². The van der Waals surface area contributed by atoms with Gasteiger partial charge in [-0.2, -0.15) is 0 Å². The van der Waals surface area contributed by atoms with Crippen molar-refractivity contribution in [2.45, 2.75) is 181 Å². The van der Waals surface area contributed by atoms with E-state index in [0.29, 0.717) is 13.2 Å². The van der Waals surface area contributed by atoms with Crippen molar-refractivity contribution < 1.29 is 33.6 Å². The first-order valence-electron chi connectivity index (χ1n) is 20.2. The van der Waals surface area contributed by atoms with Gasteiger partial charge in [-0.3, -0.25) is 9.59 Å². The minimum absolute atomic E-state index is 0.0766. The molecule has 296 valence electrons. The van der Waals surface area contributed by atoms with Gasteiger partial charge in [0, 0.05) is 6.42 Å². The van der Waals surface area contributed by atoms with Crippen LogP contribution in [0.3, 0.4) is 0 Å². The van der Waals surface area contributed by atoms with Crippen LogP contribution in [-0.2, 0) is 32.3 Å². The minimum atomic E-state index is -0.791. The van der Waals surface area contributed by atoms with Gasteiger partial charge >= 0.3 is 5.97 Å². The molecule has 0 heterocycles. The van der Waals surface area contributed by atoms with E-state index >= 15 is 0 Å². The summed E-state index contributed by atoms with van der Waals surface area (Å²) in [5.74, 6) is 0.849. The third kappa shape index (κ3) is 27.1. The van der Waals surface area contributed by atoms with Gasteiger partial charge in [0.25, 0.3) is 0 Å². The molecule has 2 rings (SSSR count). The average molecular weight is 747 g/mol. The fraction of sp³-hybridized carbons (Fsp3) is 0.682. The minimum Gasteiger partial charge on any atom is -0.497 e. The molecule has 7 nitrogen and oxygen atoms in total. The van der Waals surface area contributed by atoms with Crippen LogP contribution in [0.5, 0.6) is 11.5 Å². The van der Waals surface area contributed by atoms with E-state index in [4.69, 9.17) is 35.7 Å². The monoisotopic (exact) mass is 746 g/mol. The largest absolute Gasteiger partial charge is 0.497 e. The Morgan fingerprint density at radius 2 is 0.865 bits per heavy atom. The van der Waals surface area contributed by atoms with Crippen molar-refractivity contribution in [3.8, 4) is 11.5 Å². The second-order valence-electron chi connectivity index (χ2n) is 14.0. The lowest BCUT2D eigenvalue weighted by Gasteiger charge is -2.16. The van der Waals surface area contributed by atoms with Crippen molar-refractivity contribution in [1.82, 2.24) is 0 Å². The van der Waals surface area contributed by atoms with E-state index in [1.54, 1.807) is 14.2 Å². The predicted molar refractivity (Wildman–Crippen MR) is 215 cm³/mol. The summed E-state index contributed by atoms with van der Waals surface area (Å²) in [6.07, 6.45) is 24.8. The van der Waals surface area contributed by atoms with Gasteiger partial charge in [-0.25, -0.2) is 0 Å². The van der Waals surface area contributed by atoms with E-state index < -0.39 is 5.97 Å². The number of carboxylic acid groups (broad SMARTS) is 1. The fourth-order valence-electron chi connectivity index (χ4n) is 6.10. The summed E-state index contributed by atoms with van der Waals surface area (Å²) in [4.78, 5) is 22.3. The lowest BCUT2D eigenvalue weighted by molar-refractivity contribution is -0.140. The van der Waals surface area contributed by atoms with Gasteiger partial charge in [-0.15, -0.1) is 0 Å². The van der Waals surface area contributed by atoms with Gasteiger partial charge in [0.1, 0.15) is 11.5 Å². The van der Waals surface area contributed by atoms with Gasteiger partial charge in [-0.05, 0) is 59.8 Å². The van der Waals surface area contributed by atoms with Crippen molar-refractivity contribution in [3.05, 3.63) is 59.7 Å². The summed E-state index contributed by atoms with van der Waals surface area (Å²) in [6, 6.07) is 15.5. The third-order valence-electron chi connectivity index (χ3n) is 9.34. The molecule has 2 aromatic carbocycles. The zero-order valence-electron chi connectivity index (χ0n) is 33.0. The maximum absolute atomic E-state index is 11.3. The van der Waals surface area contributed by atoms with E-state index in [2.05, 4.69) is 13.8 Å². The van der Waals surface area contributed by atoms with Gasteiger partial charge in [0.05, 0.1) is 46.1 Å². The second-order valence-corrected chi connectivity index (χ2v) is 14.4. The van der Waals surface area contributed by atoms with Crippen LogP contribution in [0.1, 0.15) is 166 Å². The highest BCUT2D eigenvalue weighted by molar-refractivity contribution is 6.63. The number of hydrogen-bond acceptors (Lipinski definition) is 6. The molecule has 0 aliphatic heterocycles. The first-order chi connectivity index (χ1) is 25.3. The molecule has 0 radical (unpaired) electrons. The van der Waals surface area contributed by atoms with Crippen LogP contribution < -0.4 is 9.47 Å². The van der Waals surface area contributed by atoms with E-state index in [1.807, 2.05) is 48.5 Å². The van der Waals surface area contributed by atoms with Crippen molar-refractivity contribution in [2.75, 3.05) is 14.2 Å². The molecule has 0 aromatic heterocycles. The van der Waals surface area contributed by atoms with E-state index in [0.717, 1.165) is 54.7 Å². The summed E-state index contributed by atoms with van der Waals surface area (Å²) >= 11 is 5.58. The number of hydrogen-bond donors (Lipinski definition) is 1. The third-order valence-corrected chi connectivity index (χ3v) is 9.49. The summed E-state index contributed by atoms with van der Waals surface area (Å²) < 4.78 is 22.1. The number of aliphatic carboxylic acids is 1. The lowest BCUT2D eigenvalue weighted by Crippen LogP contribution is -2.17. The van der Waals surface area contributed by atoms with Crippen LogP contribution in [0, 0.1) is 0 Å². The Bertz CT molecular complexity index is 1030. The molecular formula is C44H71ClO7. The molecule has 2 atom stereocenters. The number of unbranched alkanes of at least 4 members (excludes halogenated alkanes) is 16. The molecule has 0 saturated heterocycles. The first kappa shape index (κ1) is 47.4. The van der Waals surface area contributed by atoms with E-state index in [9.17, 15) is 9.59 Å². The normalized spacial score (nSPS) is 12.1. The molecule has 0 aliphatic carbocycles. The highest BCUT2D eigenvalue weighted by atomic mass is 35.5. The second kappa shape index (κ2) is 33.0. The zero-order valence-corrected chi connectivity index (χ0v) is 33.8. The molecule has 0 bridgehead atoms. The Balaban J connectivity index is 0.000000520. The molecular weight excluding hydrogens is 676 g/mol. The Morgan fingerprint density at radius 1 is 0.538 bits per heavy atom. The number of rotatable bonds is 32. The molecule has 0 spiro atoms. The van der Waals surface area contributed by atoms with Gasteiger partial charge < -0.3 is 24.1 Å². The first-order valence-corrected chi connectivity index (χ1v) is 20.6. The Labute approximate surface area is 321 Å². The Morgan fingerprint density at radius 3 is 1.17 bits per heavy atom. The highest BCUT2D eigenvalue weighted by Crippen LogP contribution is 2.19. The fourth-order valence-corrected chi connectivity index (χ4v) is 6.27. The number of benzene rings is 2. The molecule has 0 aliphatic rings. The van der Waals surface area contributed by atoms with Crippen LogP contribution in [-0.4, -0.2) is 42.7 Å². The van der Waals surface area contributed by atoms with Gasteiger partial charge in [-0.1, -0.05) is 154 Å². The standard InChI is InChI=1S/C22H35ClO3.C22H36O4/c2*1-3-4-5-6-7-8-9-10-11-12-21(17-22(23)24)26-18-19-13-15-20(25-2)16-14-19/h13-16,21H,3-12,17-18H2,1-2H3;13-16,21H,3-12,17-18H2,1-2H3,(H,23,24)/t2*21-/m11/s1. The molecule has 1 N–H and O–H groups in total. The quantitative estimate of drug-likeness (QED) is 0.0588. The molecule has 0 fully saturated rings. The highest BCUT2D eigenvalue weighted by Gasteiger charge is 2.15. The predicted octanol–water partition coefficient (Wildman–Crippen LogP) is 12.6. The summed E-state index contributed by atoms with van der Waals surface area (Å²) in [7, 11) is 3.29. The molecule has 8 heteroatoms. The van der Waals surface area contributed by atoms with E-state index in [1.165, 1.54) is 96.3 Å². The van der Waals surface area contributed by atoms with Crippen LogP contribution >= 0.6 is 11.6 Å². The molecule has 52 heavy (non-hydrogen) atoms. The molecule has 2 aromatic rings. The topological polar surface area (TPSA) is 91.3 Å². The van der Waals surface area contributed by atoms with Crippen LogP contribution in [0.25, 0.3) is 0 Å². The van der Waals surface area contributed by atoms with Crippen LogP contribution in [0.15, 0.2) is 48.5 Å². The zero-order chi connectivity index (χ0) is 38.1. The van der Waals surface area contributed by atoms with Crippen molar-refractivity contribution in [3.63, 3.8) is 0 Å². The number of carbonyl (C=O) groups is 2. The van der Waals surface area contributed by atoms with Gasteiger partial charge in [0.2, 0.25) is 5.24 Å². The van der Waals surface area contributed by atoms with E-state index in [-0.39, 0.29) is 30.3 Å². The molecule has 0 unspecified atom stereocenters. The molecule has 0 saturated carbocycles. The number of halogens is 1. The summed E-state index contributed by atoms with van der Waals surface area (Å²) in [5, 5.41) is 8.78. The Hall–Kier alpha value is -2.61. The number of carbonyl (C=O) groups excluding carboxylic acids is 1. The van der Waals surface area contributed by atoms with Crippen molar-refractivity contribution in [1.29, 1.82) is 0 Å². The number of ether oxygens (including phenoxy) is 4. The summed E-state index contributed by atoms with van der Waals surface area (Å²) in [5.41, 5.74) is 2.11. The number of methoxy groups -OCH3 is 2. The SMILES string of the molecule is CCCCCCCCCCC[C@H](CC(=O)Cl)OCc1ccc(OC)cc1.CCCCCCCCCCC[C@H](CC(=O)O)OCc1ccc(OC)cc1.